The number of carbonyl (C=O) groups is 1. The van der Waals surface area contributed by atoms with Gasteiger partial charge in [-0.25, -0.2) is 9.50 Å². The summed E-state index contributed by atoms with van der Waals surface area (Å²) in [5.41, 5.74) is 9.79. The minimum atomic E-state index is -0.586. The largest absolute Gasteiger partial charge is 0.381 e. The number of nitrogens with two attached hydrogens (primary N) is 1. The third-order valence-electron chi connectivity index (χ3n) is 7.42. The Bertz CT molecular complexity index is 2130. The van der Waals surface area contributed by atoms with Crippen molar-refractivity contribution in [2.75, 3.05) is 12.3 Å². The first kappa shape index (κ1) is 26.2. The van der Waals surface area contributed by atoms with Crippen molar-refractivity contribution in [3.05, 3.63) is 118 Å². The number of aromatic nitrogens is 6. The van der Waals surface area contributed by atoms with E-state index in [-0.39, 0.29) is 16.9 Å². The summed E-state index contributed by atoms with van der Waals surface area (Å²) in [5.74, 6) is 5.92. The quantitative estimate of drug-likeness (QED) is 0.311. The number of anilines is 1. The molecule has 0 saturated heterocycles. The number of fused-ring (bicyclic) bond motifs is 3. The van der Waals surface area contributed by atoms with Crippen molar-refractivity contribution in [3.63, 3.8) is 0 Å². The maximum absolute atomic E-state index is 14.3. The summed E-state index contributed by atoms with van der Waals surface area (Å²) in [6, 6.07) is 19.8. The van der Waals surface area contributed by atoms with Crippen LogP contribution in [0.4, 0.5) is 5.82 Å². The van der Waals surface area contributed by atoms with E-state index in [0.29, 0.717) is 58.8 Å². The van der Waals surface area contributed by atoms with E-state index >= 15 is 0 Å². The van der Waals surface area contributed by atoms with E-state index in [0.717, 1.165) is 5.69 Å². The molecule has 1 amide bonds. The molecule has 212 valence electrons. The van der Waals surface area contributed by atoms with Gasteiger partial charge in [0.25, 0.3) is 11.5 Å². The number of rotatable bonds is 4. The van der Waals surface area contributed by atoms with Crippen LogP contribution in [0.3, 0.4) is 0 Å². The Morgan fingerprint density at radius 1 is 1.07 bits per heavy atom. The average Bonchev–Trinajstić information content (AvgIpc) is 3.59. The fraction of sp³-hybridized carbons (Fsp3) is 0.156. The Morgan fingerprint density at radius 3 is 2.77 bits per heavy atom. The molecule has 1 atom stereocenters. The second kappa shape index (κ2) is 10.6. The first-order valence-electron chi connectivity index (χ1n) is 13.8. The maximum Gasteiger partial charge on any atom is 0.264 e. The summed E-state index contributed by atoms with van der Waals surface area (Å²) in [6.07, 6.45) is 3.24. The van der Waals surface area contributed by atoms with Crippen LogP contribution in [0.1, 0.15) is 46.0 Å². The van der Waals surface area contributed by atoms with Crippen molar-refractivity contribution in [1.29, 1.82) is 0 Å². The zero-order chi connectivity index (χ0) is 29.5. The van der Waals surface area contributed by atoms with Gasteiger partial charge in [-0.1, -0.05) is 36.3 Å². The van der Waals surface area contributed by atoms with E-state index in [9.17, 15) is 9.59 Å². The number of hydrogen-bond acceptors (Lipinski definition) is 7. The molecular formula is C32H26N8O3. The van der Waals surface area contributed by atoms with E-state index in [1.54, 1.807) is 23.0 Å². The van der Waals surface area contributed by atoms with Crippen molar-refractivity contribution in [2.45, 2.75) is 26.1 Å². The van der Waals surface area contributed by atoms with E-state index < -0.39 is 11.9 Å². The number of para-hydroxylation sites is 1. The van der Waals surface area contributed by atoms with Gasteiger partial charge >= 0.3 is 0 Å². The van der Waals surface area contributed by atoms with Crippen LogP contribution in [0.15, 0.2) is 83.9 Å². The molecular weight excluding hydrogens is 544 g/mol. The summed E-state index contributed by atoms with van der Waals surface area (Å²) in [5, 5.41) is 12.9. The summed E-state index contributed by atoms with van der Waals surface area (Å²) in [6.45, 7) is 3.63. The highest BCUT2D eigenvalue weighted by Crippen LogP contribution is 2.24. The van der Waals surface area contributed by atoms with Gasteiger partial charge in [-0.15, -0.1) is 5.10 Å². The van der Waals surface area contributed by atoms with E-state index in [2.05, 4.69) is 32.3 Å². The highest BCUT2D eigenvalue weighted by atomic mass is 16.5. The third-order valence-corrected chi connectivity index (χ3v) is 7.42. The van der Waals surface area contributed by atoms with Gasteiger partial charge in [0, 0.05) is 29.3 Å². The molecule has 11 nitrogen and oxygen atoms in total. The standard InChI is InChI=1S/C32H26N8O3/c1-20(35-31(41)28-29(33)37-39-14-6-13-34-30(28)39)26-17-22-8-5-7-21(11-12-23-18-25-19-43-16-15-38(25)36-23)27(22)32(42)40(26)24-9-3-2-4-10-24/h2-10,13-14,17-18,20H,15-16,19H2,1H3,(H2,33,37)(H,35,41). The predicted molar refractivity (Wildman–Crippen MR) is 161 cm³/mol. The van der Waals surface area contributed by atoms with Crippen LogP contribution in [0.25, 0.3) is 22.1 Å². The number of nitrogen functional groups attached to an aromatic ring is 1. The third kappa shape index (κ3) is 4.69. The van der Waals surface area contributed by atoms with Crippen LogP contribution in [0.2, 0.25) is 0 Å². The first-order valence-corrected chi connectivity index (χ1v) is 13.8. The number of nitrogens with zero attached hydrogens (tertiary/aromatic N) is 6. The number of benzene rings is 2. The molecule has 0 fully saturated rings. The zero-order valence-corrected chi connectivity index (χ0v) is 23.2. The molecule has 0 spiro atoms. The summed E-state index contributed by atoms with van der Waals surface area (Å²) in [7, 11) is 0. The molecule has 6 aromatic rings. The molecule has 1 unspecified atom stereocenters. The number of pyridine rings is 1. The molecule has 3 N–H and O–H groups in total. The topological polar surface area (TPSA) is 134 Å². The monoisotopic (exact) mass is 570 g/mol. The minimum Gasteiger partial charge on any atom is -0.381 e. The molecule has 43 heavy (non-hydrogen) atoms. The highest BCUT2D eigenvalue weighted by molar-refractivity contribution is 6.04. The molecule has 1 aliphatic heterocycles. The normalized spacial score (nSPS) is 13.3. The average molecular weight is 571 g/mol. The highest BCUT2D eigenvalue weighted by Gasteiger charge is 2.24. The number of nitrogens with one attached hydrogen (secondary N) is 1. The molecule has 4 aromatic heterocycles. The SMILES string of the molecule is CC(NC(=O)c1c(N)nn2cccnc12)c1cc2cccc(C#Cc3cc4n(n3)CCOC4)c2c(=O)n1-c1ccccc1. The molecule has 7 rings (SSSR count). The number of carbonyl (C=O) groups excluding carboxylic acids is 1. The zero-order valence-electron chi connectivity index (χ0n) is 23.2. The van der Waals surface area contributed by atoms with Crippen molar-refractivity contribution < 1.29 is 9.53 Å². The molecule has 0 radical (unpaired) electrons. The summed E-state index contributed by atoms with van der Waals surface area (Å²) in [4.78, 5) is 32.0. The molecule has 0 bridgehead atoms. The van der Waals surface area contributed by atoms with E-state index in [4.69, 9.17) is 10.5 Å². The van der Waals surface area contributed by atoms with Crippen LogP contribution in [0.5, 0.6) is 0 Å². The lowest BCUT2D eigenvalue weighted by atomic mass is 10.0. The van der Waals surface area contributed by atoms with Gasteiger partial charge in [-0.05, 0) is 54.6 Å². The Hall–Kier alpha value is -5.73. The van der Waals surface area contributed by atoms with Crippen molar-refractivity contribution in [1.82, 2.24) is 34.3 Å². The number of amides is 1. The lowest BCUT2D eigenvalue weighted by Gasteiger charge is -2.21. The lowest BCUT2D eigenvalue weighted by molar-refractivity contribution is 0.0800. The van der Waals surface area contributed by atoms with Gasteiger partial charge in [0.15, 0.2) is 11.5 Å². The van der Waals surface area contributed by atoms with Gasteiger partial charge in [0.1, 0.15) is 11.3 Å². The Kier molecular flexibility index (Phi) is 6.45. The van der Waals surface area contributed by atoms with Crippen LogP contribution >= 0.6 is 0 Å². The number of hydrogen-bond donors (Lipinski definition) is 2. The minimum absolute atomic E-state index is 0.0664. The lowest BCUT2D eigenvalue weighted by Crippen LogP contribution is -2.32. The molecule has 2 aromatic carbocycles. The molecule has 1 aliphatic rings. The van der Waals surface area contributed by atoms with Gasteiger partial charge in [0.2, 0.25) is 0 Å². The second-order valence-corrected chi connectivity index (χ2v) is 10.2. The van der Waals surface area contributed by atoms with Gasteiger partial charge in [0.05, 0.1) is 36.9 Å². The van der Waals surface area contributed by atoms with Crippen molar-refractivity contribution in [2.24, 2.45) is 0 Å². The fourth-order valence-electron chi connectivity index (χ4n) is 5.40. The molecule has 0 aliphatic carbocycles. The predicted octanol–water partition coefficient (Wildman–Crippen LogP) is 3.23. The summed E-state index contributed by atoms with van der Waals surface area (Å²) >= 11 is 0. The first-order chi connectivity index (χ1) is 21.0. The van der Waals surface area contributed by atoms with Gasteiger partial charge < -0.3 is 15.8 Å². The second-order valence-electron chi connectivity index (χ2n) is 10.2. The fourth-order valence-corrected chi connectivity index (χ4v) is 5.40. The van der Waals surface area contributed by atoms with Crippen LogP contribution in [-0.2, 0) is 17.9 Å². The van der Waals surface area contributed by atoms with Gasteiger partial charge in [-0.2, -0.15) is 5.10 Å². The molecule has 0 saturated carbocycles. The van der Waals surface area contributed by atoms with Crippen molar-refractivity contribution in [3.8, 4) is 17.5 Å². The van der Waals surface area contributed by atoms with Crippen molar-refractivity contribution >= 4 is 28.1 Å². The summed E-state index contributed by atoms with van der Waals surface area (Å²) < 4.78 is 10.5. The van der Waals surface area contributed by atoms with E-state index in [1.165, 1.54) is 4.52 Å². The Morgan fingerprint density at radius 2 is 1.93 bits per heavy atom. The Labute approximate surface area is 245 Å². The molecule has 11 heteroatoms. The Balaban J connectivity index is 1.32. The van der Waals surface area contributed by atoms with Crippen LogP contribution in [-0.4, -0.2) is 41.5 Å². The van der Waals surface area contributed by atoms with Gasteiger partial charge in [-0.3, -0.25) is 18.8 Å². The van der Waals surface area contributed by atoms with E-state index in [1.807, 2.05) is 72.3 Å². The smallest absolute Gasteiger partial charge is 0.264 e. The maximum atomic E-state index is 14.3. The number of ether oxygens (including phenoxy) is 1. The van der Waals surface area contributed by atoms with Crippen LogP contribution in [0, 0.1) is 11.8 Å². The van der Waals surface area contributed by atoms with Crippen LogP contribution < -0.4 is 16.6 Å². The molecule has 5 heterocycles.